The number of nitriles is 1. The van der Waals surface area contributed by atoms with Crippen LogP contribution in [-0.4, -0.2) is 11.5 Å². The van der Waals surface area contributed by atoms with Crippen LogP contribution in [0.4, 0.5) is 0 Å². The summed E-state index contributed by atoms with van der Waals surface area (Å²) in [5.41, 5.74) is 0.541. The molecule has 1 rings (SSSR count). The second-order valence-electron chi connectivity index (χ2n) is 2.35. The van der Waals surface area contributed by atoms with Gasteiger partial charge in [0.15, 0.2) is 0 Å². The lowest BCUT2D eigenvalue weighted by molar-refractivity contribution is 0.337. The van der Waals surface area contributed by atoms with Crippen LogP contribution in [0, 0.1) is 11.3 Å². The van der Waals surface area contributed by atoms with Crippen molar-refractivity contribution in [1.82, 2.24) is 0 Å². The molecule has 1 unspecified atom stereocenters. The maximum Gasteiger partial charge on any atom is 0.202 e. The topological polar surface area (TPSA) is 53.2 Å². The molecule has 0 aliphatic carbocycles. The quantitative estimate of drug-likeness (QED) is 0.744. The Hall–Kier alpha value is -0.940. The van der Waals surface area contributed by atoms with Crippen LogP contribution < -0.4 is 5.30 Å². The molecule has 1 aromatic rings. The number of benzene rings is 1. The summed E-state index contributed by atoms with van der Waals surface area (Å²) in [6, 6.07) is 8.83. The molecule has 68 valence electrons. The highest BCUT2D eigenvalue weighted by Crippen LogP contribution is 2.29. The van der Waals surface area contributed by atoms with Crippen molar-refractivity contribution in [1.29, 1.82) is 5.26 Å². The van der Waals surface area contributed by atoms with Crippen molar-refractivity contribution in [2.24, 2.45) is 0 Å². The third-order valence-corrected chi connectivity index (χ3v) is 2.67. The van der Waals surface area contributed by atoms with Crippen molar-refractivity contribution >= 4 is 13.7 Å². The van der Waals surface area contributed by atoms with Gasteiger partial charge in [0, 0.05) is 5.30 Å². The fraction of sp³-hybridized carbons (Fsp3) is 0.222. The Kier molecular flexibility index (Phi) is 3.85. The molecular weight excluding hydrogens is 185 g/mol. The fourth-order valence-electron chi connectivity index (χ4n) is 0.891. The monoisotopic (exact) mass is 195 g/mol. The highest BCUT2D eigenvalue weighted by molar-refractivity contribution is 7.55. The Bertz CT molecular complexity index is 322. The molecule has 3 nitrogen and oxygen atoms in total. The molecule has 0 heterocycles. The first kappa shape index (κ1) is 10.1. The van der Waals surface area contributed by atoms with Gasteiger partial charge < -0.3 is 9.42 Å². The predicted octanol–water partition coefficient (Wildman–Crippen LogP) is 1.52. The van der Waals surface area contributed by atoms with E-state index in [9.17, 15) is 4.89 Å². The molecule has 0 aromatic heterocycles. The molecule has 0 saturated carbocycles. The van der Waals surface area contributed by atoms with E-state index in [0.717, 1.165) is 0 Å². The maximum atomic E-state index is 9.47. The van der Waals surface area contributed by atoms with E-state index in [2.05, 4.69) is 0 Å². The van der Waals surface area contributed by atoms with Crippen molar-refractivity contribution in [3.63, 3.8) is 0 Å². The molecule has 0 radical (unpaired) electrons. The Morgan fingerprint density at radius 3 is 3.00 bits per heavy atom. The van der Waals surface area contributed by atoms with Gasteiger partial charge in [0.05, 0.1) is 18.2 Å². The van der Waals surface area contributed by atoms with E-state index in [0.29, 0.717) is 17.5 Å². The third-order valence-electron chi connectivity index (χ3n) is 1.45. The second-order valence-corrected chi connectivity index (χ2v) is 3.67. The Morgan fingerprint density at radius 2 is 2.38 bits per heavy atom. The zero-order valence-electron chi connectivity index (χ0n) is 7.27. The first-order valence-electron chi connectivity index (χ1n) is 3.90. The summed E-state index contributed by atoms with van der Waals surface area (Å²) in [4.78, 5) is 9.47. The maximum absolute atomic E-state index is 9.47. The van der Waals surface area contributed by atoms with Crippen LogP contribution in [0.5, 0.6) is 0 Å². The minimum Gasteiger partial charge on any atom is -0.346 e. The largest absolute Gasteiger partial charge is 0.346 e. The van der Waals surface area contributed by atoms with E-state index in [1.807, 2.05) is 13.0 Å². The molecule has 1 atom stereocenters. The van der Waals surface area contributed by atoms with Crippen LogP contribution in [0.15, 0.2) is 24.3 Å². The molecule has 0 fully saturated rings. The molecule has 0 bridgehead atoms. The van der Waals surface area contributed by atoms with Gasteiger partial charge in [-0.3, -0.25) is 0 Å². The van der Waals surface area contributed by atoms with Crippen LogP contribution in [0.3, 0.4) is 0 Å². The Labute approximate surface area is 78.5 Å². The molecule has 0 saturated heterocycles. The molecular formula is C9H10NO2P. The van der Waals surface area contributed by atoms with Crippen LogP contribution in [0.2, 0.25) is 0 Å². The molecule has 0 aliphatic heterocycles. The summed E-state index contributed by atoms with van der Waals surface area (Å²) in [6.45, 7) is 2.29. The van der Waals surface area contributed by atoms with Gasteiger partial charge in [-0.05, 0) is 25.1 Å². The Balaban J connectivity index is 2.83. The lowest BCUT2D eigenvalue weighted by Gasteiger charge is -2.08. The van der Waals surface area contributed by atoms with Gasteiger partial charge in [-0.15, -0.1) is 0 Å². The van der Waals surface area contributed by atoms with Crippen LogP contribution in [-0.2, 0) is 4.52 Å². The van der Waals surface area contributed by atoms with E-state index >= 15 is 0 Å². The minimum atomic E-state index is -1.55. The van der Waals surface area contributed by atoms with Crippen LogP contribution >= 0.6 is 8.38 Å². The highest BCUT2D eigenvalue weighted by Gasteiger charge is 2.07. The van der Waals surface area contributed by atoms with Gasteiger partial charge in [-0.2, -0.15) is 5.26 Å². The summed E-state index contributed by atoms with van der Waals surface area (Å²) >= 11 is 0. The zero-order valence-corrected chi connectivity index (χ0v) is 8.16. The molecule has 1 aromatic carbocycles. The van der Waals surface area contributed by atoms with E-state index in [4.69, 9.17) is 9.79 Å². The summed E-state index contributed by atoms with van der Waals surface area (Å²) < 4.78 is 5.04. The summed E-state index contributed by atoms with van der Waals surface area (Å²) in [7, 11) is -1.55. The molecule has 0 amide bonds. The smallest absolute Gasteiger partial charge is 0.202 e. The second kappa shape index (κ2) is 4.94. The normalized spacial score (nSPS) is 12.1. The minimum absolute atomic E-state index is 0.471. The number of rotatable bonds is 3. The van der Waals surface area contributed by atoms with Gasteiger partial charge in [0.1, 0.15) is 0 Å². The van der Waals surface area contributed by atoms with E-state index < -0.39 is 8.38 Å². The van der Waals surface area contributed by atoms with Gasteiger partial charge in [-0.25, -0.2) is 0 Å². The first-order valence-corrected chi connectivity index (χ1v) is 5.11. The number of hydrogen-bond donors (Lipinski definition) is 1. The van der Waals surface area contributed by atoms with Crippen molar-refractivity contribution in [2.75, 3.05) is 6.61 Å². The molecule has 4 heteroatoms. The van der Waals surface area contributed by atoms with Crippen molar-refractivity contribution in [3.05, 3.63) is 29.8 Å². The van der Waals surface area contributed by atoms with Gasteiger partial charge in [0.25, 0.3) is 0 Å². The summed E-state index contributed by atoms with van der Waals surface area (Å²) in [5.74, 6) is 0. The van der Waals surface area contributed by atoms with Crippen LogP contribution in [0.25, 0.3) is 0 Å². The fourth-order valence-corrected chi connectivity index (χ4v) is 1.75. The van der Waals surface area contributed by atoms with Gasteiger partial charge in [-0.1, -0.05) is 6.07 Å². The average Bonchev–Trinajstić information content (AvgIpc) is 2.18. The Morgan fingerprint density at radius 1 is 1.62 bits per heavy atom. The highest BCUT2D eigenvalue weighted by atomic mass is 31.2. The third kappa shape index (κ3) is 2.78. The van der Waals surface area contributed by atoms with E-state index in [-0.39, 0.29) is 0 Å². The summed E-state index contributed by atoms with van der Waals surface area (Å²) in [6.07, 6.45) is 0. The van der Waals surface area contributed by atoms with Gasteiger partial charge in [0.2, 0.25) is 8.38 Å². The molecule has 0 spiro atoms. The van der Waals surface area contributed by atoms with E-state index in [1.165, 1.54) is 0 Å². The molecule has 1 N–H and O–H groups in total. The van der Waals surface area contributed by atoms with Crippen LogP contribution in [0.1, 0.15) is 12.5 Å². The van der Waals surface area contributed by atoms with Crippen molar-refractivity contribution in [2.45, 2.75) is 6.92 Å². The lowest BCUT2D eigenvalue weighted by atomic mass is 10.2. The molecule has 13 heavy (non-hydrogen) atoms. The summed E-state index contributed by atoms with van der Waals surface area (Å²) in [5, 5.41) is 9.29. The standard InChI is InChI=1S/C9H10NO2P/c1-2-12-13(11)9-5-3-4-8(6-9)7-10/h3-6,11H,2H2,1H3. The number of nitrogens with zero attached hydrogens (tertiary/aromatic N) is 1. The zero-order chi connectivity index (χ0) is 9.68. The first-order chi connectivity index (χ1) is 6.27. The number of hydrogen-bond acceptors (Lipinski definition) is 3. The molecule has 0 aliphatic rings. The van der Waals surface area contributed by atoms with Crippen molar-refractivity contribution in [3.8, 4) is 6.07 Å². The van der Waals surface area contributed by atoms with Gasteiger partial charge >= 0.3 is 0 Å². The van der Waals surface area contributed by atoms with Crippen molar-refractivity contribution < 1.29 is 9.42 Å². The van der Waals surface area contributed by atoms with E-state index in [1.54, 1.807) is 24.3 Å². The predicted molar refractivity (Wildman–Crippen MR) is 51.6 cm³/mol. The lowest BCUT2D eigenvalue weighted by Crippen LogP contribution is -2.02. The SMILES string of the molecule is CCOP(O)c1cccc(C#N)c1. The average molecular weight is 195 g/mol.